The number of halogens is 1. The predicted octanol–water partition coefficient (Wildman–Crippen LogP) is 4.17. The van der Waals surface area contributed by atoms with Gasteiger partial charge in [-0.25, -0.2) is 14.2 Å². The zero-order valence-corrected chi connectivity index (χ0v) is 19.3. The highest BCUT2D eigenvalue weighted by atomic mass is 19.1. The van der Waals surface area contributed by atoms with E-state index in [0.29, 0.717) is 55.7 Å². The van der Waals surface area contributed by atoms with Crippen LogP contribution in [0.4, 0.5) is 20.7 Å². The van der Waals surface area contributed by atoms with Gasteiger partial charge in [-0.1, -0.05) is 26.0 Å². The second-order valence-electron chi connectivity index (χ2n) is 9.24. The number of hydrogen-bond acceptors (Lipinski definition) is 4. The Morgan fingerprint density at radius 2 is 1.94 bits per heavy atom. The van der Waals surface area contributed by atoms with Crippen molar-refractivity contribution in [2.24, 2.45) is 5.92 Å². The van der Waals surface area contributed by atoms with Gasteiger partial charge in [-0.05, 0) is 67.3 Å². The summed E-state index contributed by atoms with van der Waals surface area (Å²) in [6.07, 6.45) is 2.69. The van der Waals surface area contributed by atoms with Gasteiger partial charge in [0.15, 0.2) is 0 Å². The van der Waals surface area contributed by atoms with Crippen molar-refractivity contribution in [1.82, 2.24) is 9.88 Å². The van der Waals surface area contributed by atoms with Crippen LogP contribution in [-0.2, 0) is 22.4 Å². The van der Waals surface area contributed by atoms with E-state index in [2.05, 4.69) is 15.6 Å². The zero-order valence-electron chi connectivity index (χ0n) is 19.3. The van der Waals surface area contributed by atoms with Crippen molar-refractivity contribution in [3.8, 4) is 0 Å². The molecule has 3 amide bonds. The van der Waals surface area contributed by atoms with Gasteiger partial charge in [0, 0.05) is 17.9 Å². The molecule has 4 rings (SSSR count). The highest BCUT2D eigenvalue weighted by Gasteiger charge is 2.34. The van der Waals surface area contributed by atoms with Crippen molar-refractivity contribution in [3.05, 3.63) is 53.0 Å². The minimum Gasteiger partial charge on any atom is -0.481 e. The lowest BCUT2D eigenvalue weighted by atomic mass is 9.87. The van der Waals surface area contributed by atoms with Crippen molar-refractivity contribution >= 4 is 29.4 Å². The summed E-state index contributed by atoms with van der Waals surface area (Å²) in [5, 5.41) is 14.7. The smallest absolute Gasteiger partial charge is 0.322 e. The number of benzene rings is 1. The fourth-order valence-corrected chi connectivity index (χ4v) is 4.65. The number of nitrogens with zero attached hydrogens (tertiary/aromatic N) is 2. The van der Waals surface area contributed by atoms with Crippen LogP contribution in [0.3, 0.4) is 0 Å². The third-order valence-corrected chi connectivity index (χ3v) is 6.55. The number of rotatable bonds is 5. The van der Waals surface area contributed by atoms with Crippen LogP contribution in [0.15, 0.2) is 30.3 Å². The third kappa shape index (κ3) is 5.03. The first-order valence-electron chi connectivity index (χ1n) is 11.6. The Balaban J connectivity index is 1.40. The fraction of sp³-hybridized carbons (Fsp3) is 0.440. The Hall–Kier alpha value is -3.49. The molecule has 2 aliphatic rings. The van der Waals surface area contributed by atoms with Gasteiger partial charge in [0.1, 0.15) is 17.7 Å². The number of pyridine rings is 1. The Morgan fingerprint density at radius 3 is 2.65 bits per heavy atom. The molecule has 9 heteroatoms. The normalized spacial score (nSPS) is 19.6. The first-order chi connectivity index (χ1) is 16.2. The van der Waals surface area contributed by atoms with Gasteiger partial charge in [0.25, 0.3) is 0 Å². The van der Waals surface area contributed by atoms with Gasteiger partial charge < -0.3 is 20.6 Å². The minimum absolute atomic E-state index is 0.0345. The van der Waals surface area contributed by atoms with Gasteiger partial charge in [-0.3, -0.25) is 9.59 Å². The van der Waals surface area contributed by atoms with Crippen molar-refractivity contribution in [2.75, 3.05) is 17.2 Å². The van der Waals surface area contributed by atoms with E-state index in [0.717, 1.165) is 11.3 Å². The number of fused-ring (bicyclic) bond motifs is 1. The van der Waals surface area contributed by atoms with Crippen molar-refractivity contribution in [3.63, 3.8) is 0 Å². The average Bonchev–Trinajstić information content (AvgIpc) is 3.29. The van der Waals surface area contributed by atoms with E-state index in [1.807, 2.05) is 19.9 Å². The Bertz CT molecular complexity index is 1120. The summed E-state index contributed by atoms with van der Waals surface area (Å²) in [6.45, 7) is 4.22. The highest BCUT2D eigenvalue weighted by Crippen LogP contribution is 2.27. The molecule has 2 heterocycles. The number of carboxylic acids is 1. The second-order valence-corrected chi connectivity index (χ2v) is 9.24. The summed E-state index contributed by atoms with van der Waals surface area (Å²) in [5.41, 5.74) is 2.60. The summed E-state index contributed by atoms with van der Waals surface area (Å²) in [6, 6.07) is 6.98. The summed E-state index contributed by atoms with van der Waals surface area (Å²) >= 11 is 0. The molecular weight excluding hydrogens is 439 g/mol. The number of carboxylic acid groups (broad SMARTS) is 1. The van der Waals surface area contributed by atoms with Crippen LogP contribution in [-0.4, -0.2) is 45.5 Å². The first kappa shape index (κ1) is 23.7. The molecule has 0 unspecified atom stereocenters. The molecule has 180 valence electrons. The van der Waals surface area contributed by atoms with E-state index in [1.54, 1.807) is 18.2 Å². The molecule has 0 radical (unpaired) electrons. The first-order valence-corrected chi connectivity index (χ1v) is 11.6. The van der Waals surface area contributed by atoms with Crippen LogP contribution in [0.25, 0.3) is 0 Å². The Kier molecular flexibility index (Phi) is 6.81. The van der Waals surface area contributed by atoms with Gasteiger partial charge in [0.05, 0.1) is 5.92 Å². The maximum Gasteiger partial charge on any atom is 0.322 e. The van der Waals surface area contributed by atoms with Crippen molar-refractivity contribution in [1.29, 1.82) is 0 Å². The number of amides is 3. The van der Waals surface area contributed by atoms with Gasteiger partial charge >= 0.3 is 12.0 Å². The number of aromatic nitrogens is 1. The molecule has 2 aromatic rings. The molecule has 34 heavy (non-hydrogen) atoms. The lowest BCUT2D eigenvalue weighted by Crippen LogP contribution is -2.45. The minimum atomic E-state index is -0.804. The maximum atomic E-state index is 14.3. The van der Waals surface area contributed by atoms with Crippen LogP contribution >= 0.6 is 0 Å². The van der Waals surface area contributed by atoms with Crippen LogP contribution < -0.4 is 10.6 Å². The quantitative estimate of drug-likeness (QED) is 0.610. The van der Waals surface area contributed by atoms with Crippen molar-refractivity contribution in [2.45, 2.75) is 57.9 Å². The van der Waals surface area contributed by atoms with Gasteiger partial charge in [-0.2, -0.15) is 0 Å². The number of aliphatic carboxylic acids is 1. The number of anilines is 2. The lowest BCUT2D eigenvalue weighted by molar-refractivity contribution is -0.142. The van der Waals surface area contributed by atoms with Crippen LogP contribution in [0.5, 0.6) is 0 Å². The van der Waals surface area contributed by atoms with Crippen LogP contribution in [0, 0.1) is 11.7 Å². The summed E-state index contributed by atoms with van der Waals surface area (Å²) in [7, 11) is 0. The monoisotopic (exact) mass is 468 g/mol. The molecule has 1 fully saturated rings. The van der Waals surface area contributed by atoms with Crippen molar-refractivity contribution < 1.29 is 23.9 Å². The molecule has 0 bridgehead atoms. The molecule has 0 spiro atoms. The summed E-state index contributed by atoms with van der Waals surface area (Å²) < 4.78 is 14.3. The number of likely N-dealkylation sites (tertiary alicyclic amines) is 1. The molecule has 1 aliphatic heterocycles. The van der Waals surface area contributed by atoms with E-state index >= 15 is 0 Å². The molecule has 3 N–H and O–H groups in total. The van der Waals surface area contributed by atoms with E-state index in [9.17, 15) is 23.9 Å². The molecule has 1 aliphatic carbocycles. The molecular formula is C25H29FN4O4. The fourth-order valence-electron chi connectivity index (χ4n) is 4.65. The Labute approximate surface area is 197 Å². The van der Waals surface area contributed by atoms with Gasteiger partial charge in [-0.15, -0.1) is 0 Å². The second kappa shape index (κ2) is 9.79. The molecule has 0 saturated carbocycles. The molecule has 1 saturated heterocycles. The van der Waals surface area contributed by atoms with E-state index in [4.69, 9.17) is 0 Å². The number of hydrogen-bond donors (Lipinski definition) is 3. The topological polar surface area (TPSA) is 112 Å². The molecule has 8 nitrogen and oxygen atoms in total. The lowest BCUT2D eigenvalue weighted by Gasteiger charge is -2.25. The van der Waals surface area contributed by atoms with Crippen LogP contribution in [0.1, 0.15) is 55.8 Å². The van der Waals surface area contributed by atoms with E-state index in [1.165, 1.54) is 11.0 Å². The number of carbonyl (C=O) groups is 3. The Morgan fingerprint density at radius 1 is 1.15 bits per heavy atom. The number of aryl methyl sites for hydroxylation is 1. The van der Waals surface area contributed by atoms with Gasteiger partial charge in [0.2, 0.25) is 5.91 Å². The van der Waals surface area contributed by atoms with Crippen LogP contribution in [0.2, 0.25) is 0 Å². The zero-order chi connectivity index (χ0) is 24.4. The number of carbonyl (C=O) groups excluding carboxylic acids is 2. The maximum absolute atomic E-state index is 14.3. The summed E-state index contributed by atoms with van der Waals surface area (Å²) in [5.74, 6) is -1.50. The SMILES string of the molecule is CC(C)c1ccc(NC(=O)N2CCC[C@@H]2C(=O)Nc2ccc3c(n2)CC[C@H](C(=O)O)C3)cc1F. The number of nitrogens with one attached hydrogen (secondary N) is 2. The van der Waals surface area contributed by atoms with E-state index in [-0.39, 0.29) is 17.6 Å². The standard InChI is InChI=1S/C25H29FN4O4/c1-14(2)18-8-7-17(13-19(18)26)27-25(34)30-11-3-4-21(30)23(31)29-22-10-6-15-12-16(24(32)33)5-9-20(15)28-22/h6-8,10,13-14,16,21H,3-5,9,11-12H2,1-2H3,(H,27,34)(H,32,33)(H,28,29,31)/t16-,21+/m0/s1. The molecule has 1 aromatic carbocycles. The average molecular weight is 469 g/mol. The van der Waals surface area contributed by atoms with E-state index < -0.39 is 24.0 Å². The predicted molar refractivity (Wildman–Crippen MR) is 125 cm³/mol. The molecule has 2 atom stereocenters. The largest absolute Gasteiger partial charge is 0.481 e. The highest BCUT2D eigenvalue weighted by molar-refractivity contribution is 5.99. The summed E-state index contributed by atoms with van der Waals surface area (Å²) in [4.78, 5) is 43.0. The third-order valence-electron chi connectivity index (χ3n) is 6.55. The molecule has 1 aromatic heterocycles. The number of urea groups is 1.